The molecule has 0 radical (unpaired) electrons. The van der Waals surface area contributed by atoms with Crippen LogP contribution < -0.4 is 10.6 Å². The molecule has 1 fully saturated rings. The van der Waals surface area contributed by atoms with E-state index in [1.807, 2.05) is 24.3 Å². The van der Waals surface area contributed by atoms with Crippen molar-refractivity contribution in [3.05, 3.63) is 54.2 Å². The molecule has 0 aromatic heterocycles. The van der Waals surface area contributed by atoms with Crippen LogP contribution in [0.1, 0.15) is 11.6 Å². The van der Waals surface area contributed by atoms with Crippen LogP contribution in [0.25, 0.3) is 10.8 Å². The second-order valence-corrected chi connectivity index (χ2v) is 5.32. The lowest BCUT2D eigenvalue weighted by atomic mass is 9.86. The number of carbonyl (C=O) groups is 2. The van der Waals surface area contributed by atoms with Crippen molar-refractivity contribution >= 4 is 22.8 Å². The van der Waals surface area contributed by atoms with E-state index in [-0.39, 0.29) is 11.4 Å². The number of carbonyl (C=O) groups excluding carboxylic acids is 2. The Morgan fingerprint density at radius 2 is 2.00 bits per heavy atom. The Hall–Kier alpha value is -3.02. The predicted molar refractivity (Wildman–Crippen MR) is 84.7 cm³/mol. The molecule has 2 aromatic rings. The minimum absolute atomic E-state index is 0.00222. The van der Waals surface area contributed by atoms with Crippen molar-refractivity contribution in [3.8, 4) is 5.75 Å². The van der Waals surface area contributed by atoms with Gasteiger partial charge in [0, 0.05) is 11.3 Å². The highest BCUT2D eigenvalue weighted by molar-refractivity contribution is 5.92. The predicted octanol–water partition coefficient (Wildman–Crippen LogP) is 2.20. The molecule has 2 atom stereocenters. The maximum Gasteiger partial charge on any atom is 0.319 e. The monoisotopic (exact) mass is 312 g/mol. The molecule has 1 aliphatic heterocycles. The topological polar surface area (TPSA) is 87.7 Å². The van der Waals surface area contributed by atoms with Crippen LogP contribution in [0.5, 0.6) is 5.75 Å². The number of rotatable bonds is 2. The zero-order valence-electron chi connectivity index (χ0n) is 12.5. The maximum atomic E-state index is 12.2. The van der Waals surface area contributed by atoms with E-state index in [9.17, 15) is 14.7 Å². The average molecular weight is 312 g/mol. The minimum atomic E-state index is -0.839. The third-order valence-corrected chi connectivity index (χ3v) is 3.98. The molecule has 23 heavy (non-hydrogen) atoms. The summed E-state index contributed by atoms with van der Waals surface area (Å²) in [7, 11) is 1.27. The van der Waals surface area contributed by atoms with Gasteiger partial charge in [-0.25, -0.2) is 4.79 Å². The number of ether oxygens (including phenoxy) is 1. The molecule has 2 amide bonds. The first kappa shape index (κ1) is 14.9. The third-order valence-electron chi connectivity index (χ3n) is 3.98. The number of urea groups is 1. The van der Waals surface area contributed by atoms with Crippen LogP contribution in [-0.2, 0) is 9.53 Å². The van der Waals surface area contributed by atoms with E-state index in [4.69, 9.17) is 4.74 Å². The number of hydrogen-bond donors (Lipinski definition) is 3. The molecule has 1 heterocycles. The van der Waals surface area contributed by atoms with Crippen LogP contribution >= 0.6 is 0 Å². The minimum Gasteiger partial charge on any atom is -0.508 e. The molecule has 0 bridgehead atoms. The summed E-state index contributed by atoms with van der Waals surface area (Å²) in [5.74, 6) is -1.38. The van der Waals surface area contributed by atoms with Crippen molar-refractivity contribution in [2.24, 2.45) is 5.92 Å². The molecule has 0 spiro atoms. The average Bonchev–Trinajstić information content (AvgIpc) is 2.53. The smallest absolute Gasteiger partial charge is 0.319 e. The zero-order chi connectivity index (χ0) is 16.6. The Bertz CT molecular complexity index is 815. The number of nitrogens with one attached hydrogen (secondary N) is 2. The zero-order valence-corrected chi connectivity index (χ0v) is 12.5. The second kappa shape index (κ2) is 5.64. The number of fused-ring (bicyclic) bond motifs is 1. The maximum absolute atomic E-state index is 12.2. The van der Waals surface area contributed by atoms with Gasteiger partial charge in [-0.2, -0.15) is 0 Å². The van der Waals surface area contributed by atoms with Gasteiger partial charge in [0.05, 0.1) is 13.2 Å². The highest BCUT2D eigenvalue weighted by Crippen LogP contribution is 2.39. The fourth-order valence-corrected chi connectivity index (χ4v) is 2.94. The van der Waals surface area contributed by atoms with Gasteiger partial charge in [-0.1, -0.05) is 36.9 Å². The lowest BCUT2D eigenvalue weighted by molar-refractivity contribution is -0.145. The van der Waals surface area contributed by atoms with E-state index < -0.39 is 24.0 Å². The van der Waals surface area contributed by atoms with Crippen LogP contribution in [0.15, 0.2) is 48.7 Å². The van der Waals surface area contributed by atoms with Gasteiger partial charge >= 0.3 is 12.0 Å². The molecular formula is C17H16N2O4. The number of benzene rings is 2. The van der Waals surface area contributed by atoms with Crippen LogP contribution in [-0.4, -0.2) is 24.2 Å². The molecule has 2 unspecified atom stereocenters. The molecule has 3 N–H and O–H groups in total. The molecule has 1 aliphatic rings. The summed E-state index contributed by atoms with van der Waals surface area (Å²) >= 11 is 0. The Morgan fingerprint density at radius 1 is 1.26 bits per heavy atom. The van der Waals surface area contributed by atoms with Gasteiger partial charge in [0.2, 0.25) is 0 Å². The van der Waals surface area contributed by atoms with E-state index in [1.54, 1.807) is 12.1 Å². The molecular weight excluding hydrogens is 296 g/mol. The first-order valence-corrected chi connectivity index (χ1v) is 7.07. The lowest BCUT2D eigenvalue weighted by Crippen LogP contribution is -2.51. The normalized spacial score (nSPS) is 20.7. The Labute approximate surface area is 132 Å². The van der Waals surface area contributed by atoms with Gasteiger partial charge in [-0.15, -0.1) is 0 Å². The second-order valence-electron chi connectivity index (χ2n) is 5.32. The van der Waals surface area contributed by atoms with E-state index in [2.05, 4.69) is 17.2 Å². The van der Waals surface area contributed by atoms with E-state index >= 15 is 0 Å². The molecule has 0 aliphatic carbocycles. The van der Waals surface area contributed by atoms with Gasteiger partial charge in [0.25, 0.3) is 0 Å². The van der Waals surface area contributed by atoms with Crippen molar-refractivity contribution in [2.75, 3.05) is 7.11 Å². The number of phenolic OH excluding ortho intramolecular Hbond substituents is 1. The highest BCUT2D eigenvalue weighted by atomic mass is 16.5. The summed E-state index contributed by atoms with van der Waals surface area (Å²) in [6, 6.07) is 9.50. The van der Waals surface area contributed by atoms with E-state index in [1.165, 1.54) is 7.11 Å². The summed E-state index contributed by atoms with van der Waals surface area (Å²) in [6.45, 7) is 3.75. The molecule has 0 saturated carbocycles. The number of hydrogen-bond acceptors (Lipinski definition) is 4. The summed E-state index contributed by atoms with van der Waals surface area (Å²) < 4.78 is 4.83. The van der Waals surface area contributed by atoms with Gasteiger partial charge in [-0.05, 0) is 16.8 Å². The molecule has 2 aromatic carbocycles. The van der Waals surface area contributed by atoms with Crippen molar-refractivity contribution in [1.82, 2.24) is 10.6 Å². The van der Waals surface area contributed by atoms with Crippen LogP contribution in [0, 0.1) is 5.92 Å². The lowest BCUT2D eigenvalue weighted by Gasteiger charge is -2.33. The Morgan fingerprint density at radius 3 is 2.74 bits per heavy atom. The third kappa shape index (κ3) is 2.48. The summed E-state index contributed by atoms with van der Waals surface area (Å²) in [5, 5.41) is 17.2. The quantitative estimate of drug-likeness (QED) is 0.742. The van der Waals surface area contributed by atoms with Gasteiger partial charge < -0.3 is 20.5 Å². The van der Waals surface area contributed by atoms with E-state index in [0.717, 1.165) is 10.8 Å². The Kier molecular flexibility index (Phi) is 3.65. The number of esters is 1. The van der Waals surface area contributed by atoms with Crippen molar-refractivity contribution in [2.45, 2.75) is 6.04 Å². The standard InChI is InChI=1S/C17H16N2O4/c1-9-13(16(21)23-2)15(19-17(22)18-9)14-11-6-4-3-5-10(11)7-8-12(14)20/h3-8,13,15,20H,1H2,2H3,(H2,18,19,22). The van der Waals surface area contributed by atoms with Crippen LogP contribution in [0.2, 0.25) is 0 Å². The SMILES string of the molecule is C=C1NC(=O)NC(c2c(O)ccc3ccccc23)C1C(=O)OC. The number of phenols is 1. The van der Waals surface area contributed by atoms with Crippen LogP contribution in [0.3, 0.4) is 0 Å². The largest absolute Gasteiger partial charge is 0.508 e. The van der Waals surface area contributed by atoms with Gasteiger partial charge in [0.1, 0.15) is 11.7 Å². The molecule has 118 valence electrons. The van der Waals surface area contributed by atoms with Crippen molar-refractivity contribution in [1.29, 1.82) is 0 Å². The van der Waals surface area contributed by atoms with Gasteiger partial charge in [0.15, 0.2) is 0 Å². The van der Waals surface area contributed by atoms with Crippen molar-refractivity contribution < 1.29 is 19.4 Å². The summed E-state index contributed by atoms with van der Waals surface area (Å²) in [5.41, 5.74) is 0.701. The fourth-order valence-electron chi connectivity index (χ4n) is 2.94. The van der Waals surface area contributed by atoms with Gasteiger partial charge in [-0.3, -0.25) is 4.79 Å². The van der Waals surface area contributed by atoms with Crippen molar-refractivity contribution in [3.63, 3.8) is 0 Å². The summed E-state index contributed by atoms with van der Waals surface area (Å²) in [6.07, 6.45) is 0. The van der Waals surface area contributed by atoms with E-state index in [0.29, 0.717) is 5.56 Å². The van der Waals surface area contributed by atoms with Crippen LogP contribution in [0.4, 0.5) is 4.79 Å². The molecule has 6 heteroatoms. The molecule has 3 rings (SSSR count). The Balaban J connectivity index is 2.21. The summed E-state index contributed by atoms with van der Waals surface area (Å²) in [4.78, 5) is 24.0. The molecule has 6 nitrogen and oxygen atoms in total. The fraction of sp³-hybridized carbons (Fsp3) is 0.176. The number of methoxy groups -OCH3 is 1. The number of amides is 2. The first-order valence-electron chi connectivity index (χ1n) is 7.07. The first-order chi connectivity index (χ1) is 11.0. The number of aromatic hydroxyl groups is 1. The molecule has 1 saturated heterocycles. The highest BCUT2D eigenvalue weighted by Gasteiger charge is 2.40.